The minimum atomic E-state index is 0.00896. The molecule has 1 saturated heterocycles. The van der Waals surface area contributed by atoms with E-state index in [2.05, 4.69) is 10.2 Å². The lowest BCUT2D eigenvalue weighted by molar-refractivity contribution is -0.145. The fraction of sp³-hybridized carbons (Fsp3) is 0.933. The van der Waals surface area contributed by atoms with Crippen LogP contribution in [-0.4, -0.2) is 61.4 Å². The van der Waals surface area contributed by atoms with E-state index < -0.39 is 0 Å². The molecule has 2 aliphatic carbocycles. The van der Waals surface area contributed by atoms with E-state index in [9.17, 15) is 4.79 Å². The lowest BCUT2D eigenvalue weighted by Gasteiger charge is -2.43. The number of carbonyl (C=O) groups excluding carboxylic acids is 1. The molecule has 2 saturated carbocycles. The molecule has 4 atom stereocenters. The predicted molar refractivity (Wildman–Crippen MR) is 75.5 cm³/mol. The van der Waals surface area contributed by atoms with E-state index in [0.29, 0.717) is 12.6 Å². The van der Waals surface area contributed by atoms with Crippen molar-refractivity contribution >= 4 is 5.91 Å². The smallest absolute Gasteiger partial charge is 0.237 e. The van der Waals surface area contributed by atoms with E-state index in [1.807, 2.05) is 6.92 Å². The molecule has 5 nitrogen and oxygen atoms in total. The maximum atomic E-state index is 12.5. The number of rotatable bonds is 6. The zero-order valence-corrected chi connectivity index (χ0v) is 12.5. The van der Waals surface area contributed by atoms with E-state index in [1.54, 1.807) is 7.11 Å². The van der Waals surface area contributed by atoms with Crippen LogP contribution in [0.15, 0.2) is 0 Å². The van der Waals surface area contributed by atoms with Crippen LogP contribution < -0.4 is 5.32 Å². The van der Waals surface area contributed by atoms with Gasteiger partial charge in [-0.15, -0.1) is 0 Å². The maximum Gasteiger partial charge on any atom is 0.237 e. The zero-order chi connectivity index (χ0) is 14.1. The van der Waals surface area contributed by atoms with Crippen molar-refractivity contribution in [1.82, 2.24) is 10.2 Å². The average molecular weight is 282 g/mol. The Morgan fingerprint density at radius 2 is 2.15 bits per heavy atom. The molecule has 3 fully saturated rings. The van der Waals surface area contributed by atoms with Crippen LogP contribution in [-0.2, 0) is 14.3 Å². The molecule has 0 spiro atoms. The summed E-state index contributed by atoms with van der Waals surface area (Å²) in [4.78, 5) is 14.9. The highest BCUT2D eigenvalue weighted by molar-refractivity contribution is 5.82. The van der Waals surface area contributed by atoms with Crippen LogP contribution in [0.5, 0.6) is 0 Å². The summed E-state index contributed by atoms with van der Waals surface area (Å²) in [6.07, 6.45) is 5.69. The monoisotopic (exact) mass is 282 g/mol. The summed E-state index contributed by atoms with van der Waals surface area (Å²) < 4.78 is 11.1. The molecular formula is C15H26N2O3. The number of carbonyl (C=O) groups is 1. The second kappa shape index (κ2) is 6.00. The summed E-state index contributed by atoms with van der Waals surface area (Å²) in [6.45, 7) is 3.77. The van der Waals surface area contributed by atoms with Gasteiger partial charge in [-0.3, -0.25) is 9.69 Å². The van der Waals surface area contributed by atoms with Crippen molar-refractivity contribution in [2.45, 2.75) is 69.4 Å². The Balaban J connectivity index is 1.51. The van der Waals surface area contributed by atoms with E-state index in [0.717, 1.165) is 25.8 Å². The molecule has 3 rings (SSSR count). The van der Waals surface area contributed by atoms with Crippen LogP contribution in [0.4, 0.5) is 0 Å². The first-order valence-corrected chi connectivity index (χ1v) is 7.95. The molecule has 1 amide bonds. The molecule has 0 aromatic carbocycles. The number of amides is 1. The van der Waals surface area contributed by atoms with Crippen molar-refractivity contribution in [2.75, 3.05) is 20.3 Å². The van der Waals surface area contributed by atoms with Crippen molar-refractivity contribution in [3.63, 3.8) is 0 Å². The molecule has 0 aromatic heterocycles. The highest BCUT2D eigenvalue weighted by atomic mass is 16.5. The lowest BCUT2D eigenvalue weighted by atomic mass is 9.85. The van der Waals surface area contributed by atoms with Gasteiger partial charge < -0.3 is 14.8 Å². The first-order valence-electron chi connectivity index (χ1n) is 7.95. The van der Waals surface area contributed by atoms with Crippen molar-refractivity contribution in [3.8, 4) is 0 Å². The van der Waals surface area contributed by atoms with Crippen LogP contribution in [0, 0.1) is 0 Å². The normalized spacial score (nSPS) is 37.7. The van der Waals surface area contributed by atoms with Crippen LogP contribution in [0.2, 0.25) is 0 Å². The van der Waals surface area contributed by atoms with Gasteiger partial charge in [-0.1, -0.05) is 0 Å². The third-order valence-corrected chi connectivity index (χ3v) is 4.84. The van der Waals surface area contributed by atoms with Gasteiger partial charge in [0, 0.05) is 19.8 Å². The van der Waals surface area contributed by atoms with Crippen molar-refractivity contribution < 1.29 is 14.3 Å². The summed E-state index contributed by atoms with van der Waals surface area (Å²) in [5.41, 5.74) is 0. The molecule has 0 unspecified atom stereocenters. The Morgan fingerprint density at radius 1 is 1.35 bits per heavy atom. The Kier molecular flexibility index (Phi) is 4.29. The number of ether oxygens (including phenoxy) is 2. The quantitative estimate of drug-likeness (QED) is 0.787. The molecular weight excluding hydrogens is 256 g/mol. The van der Waals surface area contributed by atoms with Gasteiger partial charge in [-0.2, -0.15) is 0 Å². The first kappa shape index (κ1) is 14.3. The summed E-state index contributed by atoms with van der Waals surface area (Å²) >= 11 is 0. The van der Waals surface area contributed by atoms with Crippen molar-refractivity contribution in [1.29, 1.82) is 0 Å². The van der Waals surface area contributed by atoms with Crippen molar-refractivity contribution in [2.24, 2.45) is 0 Å². The second-order valence-corrected chi connectivity index (χ2v) is 6.17. The zero-order valence-electron chi connectivity index (χ0n) is 12.5. The van der Waals surface area contributed by atoms with Crippen LogP contribution in [0.25, 0.3) is 0 Å². The summed E-state index contributed by atoms with van der Waals surface area (Å²) in [5.74, 6) is 0.191. The van der Waals surface area contributed by atoms with Crippen LogP contribution >= 0.6 is 0 Å². The molecule has 0 radical (unpaired) electrons. The van der Waals surface area contributed by atoms with Gasteiger partial charge in [0.2, 0.25) is 5.91 Å². The standard InChI is InChI=1S/C15H26N2O3/c1-3-20-13-9-11(14(13)19-2)16-15(18)12-5-4-8-17(12)10-6-7-10/h10-14H,3-9H2,1-2H3,(H,16,18)/t11-,12-,13+,14-/m0/s1. The Bertz CT molecular complexity index is 359. The first-order chi connectivity index (χ1) is 9.74. The molecule has 1 heterocycles. The van der Waals surface area contributed by atoms with Gasteiger partial charge in [-0.05, 0) is 45.6 Å². The topological polar surface area (TPSA) is 50.8 Å². The van der Waals surface area contributed by atoms with Gasteiger partial charge in [-0.25, -0.2) is 0 Å². The SMILES string of the molecule is CCO[C@@H]1C[C@H](NC(=O)[C@@H]2CCCN2C2CC2)[C@@H]1OC. The Hall–Kier alpha value is -0.650. The van der Waals surface area contributed by atoms with Crippen LogP contribution in [0.1, 0.15) is 39.0 Å². The summed E-state index contributed by atoms with van der Waals surface area (Å²) in [5, 5.41) is 3.17. The third kappa shape index (κ3) is 2.71. The fourth-order valence-corrected chi connectivity index (χ4v) is 3.61. The average Bonchev–Trinajstić information content (AvgIpc) is 3.15. The summed E-state index contributed by atoms with van der Waals surface area (Å²) in [6, 6.07) is 0.876. The Labute approximate surface area is 121 Å². The van der Waals surface area contributed by atoms with Crippen molar-refractivity contribution in [3.05, 3.63) is 0 Å². The van der Waals surface area contributed by atoms with Gasteiger partial charge in [0.05, 0.1) is 18.2 Å². The highest BCUT2D eigenvalue weighted by Crippen LogP contribution is 2.34. The molecule has 1 N–H and O–H groups in total. The number of methoxy groups -OCH3 is 1. The van der Waals surface area contributed by atoms with E-state index in [-0.39, 0.29) is 30.2 Å². The minimum absolute atomic E-state index is 0.00896. The van der Waals surface area contributed by atoms with Gasteiger partial charge in [0.25, 0.3) is 0 Å². The second-order valence-electron chi connectivity index (χ2n) is 6.17. The number of nitrogens with one attached hydrogen (secondary N) is 1. The maximum absolute atomic E-state index is 12.5. The number of hydrogen-bond acceptors (Lipinski definition) is 4. The Morgan fingerprint density at radius 3 is 2.80 bits per heavy atom. The fourth-order valence-electron chi connectivity index (χ4n) is 3.61. The third-order valence-electron chi connectivity index (χ3n) is 4.84. The molecule has 5 heteroatoms. The number of hydrogen-bond donors (Lipinski definition) is 1. The molecule has 3 aliphatic rings. The number of likely N-dealkylation sites (tertiary alicyclic amines) is 1. The predicted octanol–water partition coefficient (Wildman–Crippen LogP) is 0.922. The van der Waals surface area contributed by atoms with E-state index >= 15 is 0 Å². The van der Waals surface area contributed by atoms with Gasteiger partial charge in [0.15, 0.2) is 0 Å². The highest BCUT2D eigenvalue weighted by Gasteiger charge is 2.45. The lowest BCUT2D eigenvalue weighted by Crippen LogP contribution is -2.62. The molecule has 0 aromatic rings. The van der Waals surface area contributed by atoms with Crippen LogP contribution in [0.3, 0.4) is 0 Å². The molecule has 0 bridgehead atoms. The molecule has 114 valence electrons. The number of nitrogens with zero attached hydrogens (tertiary/aromatic N) is 1. The van der Waals surface area contributed by atoms with Gasteiger partial charge >= 0.3 is 0 Å². The largest absolute Gasteiger partial charge is 0.377 e. The van der Waals surface area contributed by atoms with E-state index in [4.69, 9.17) is 9.47 Å². The molecule has 1 aliphatic heterocycles. The minimum Gasteiger partial charge on any atom is -0.377 e. The van der Waals surface area contributed by atoms with E-state index in [1.165, 1.54) is 12.8 Å². The van der Waals surface area contributed by atoms with Gasteiger partial charge in [0.1, 0.15) is 6.10 Å². The summed E-state index contributed by atoms with van der Waals surface area (Å²) in [7, 11) is 1.70. The molecule has 20 heavy (non-hydrogen) atoms.